The minimum absolute atomic E-state index is 0.166. The third kappa shape index (κ3) is 6.64. The third-order valence-electron chi connectivity index (χ3n) is 5.83. The molecule has 0 saturated heterocycles. The number of hydrogen-bond acceptors (Lipinski definition) is 4. The fourth-order valence-corrected chi connectivity index (χ4v) is 4.30. The largest absolute Gasteiger partial charge is 0.473 e. The first-order valence-electron chi connectivity index (χ1n) is 10.6. The Kier molecular flexibility index (Phi) is 8.77. The number of benzene rings is 2. The van der Waals surface area contributed by atoms with E-state index in [-0.39, 0.29) is 5.92 Å². The highest BCUT2D eigenvalue weighted by Crippen LogP contribution is 2.47. The lowest BCUT2D eigenvalue weighted by Gasteiger charge is -2.37. The third-order valence-corrected chi connectivity index (χ3v) is 5.83. The molecule has 0 aliphatic heterocycles. The van der Waals surface area contributed by atoms with Gasteiger partial charge in [-0.1, -0.05) is 54.1 Å². The molecular weight excluding hydrogens is 394 g/mol. The molecule has 1 aliphatic carbocycles. The van der Waals surface area contributed by atoms with E-state index in [2.05, 4.69) is 74.4 Å². The summed E-state index contributed by atoms with van der Waals surface area (Å²) in [6, 6.07) is 17.3. The SMILES string of the molecule is Cc1ccc([C@H]2CCCc3ccccc3[C@@]2(O)CCCN(C)C)cc1.O=C(O)C(=O)O. The monoisotopic (exact) mass is 427 g/mol. The summed E-state index contributed by atoms with van der Waals surface area (Å²) in [6.07, 6.45) is 5.04. The Hall–Kier alpha value is -2.70. The number of aliphatic carboxylic acids is 2. The first-order valence-corrected chi connectivity index (χ1v) is 10.6. The topological polar surface area (TPSA) is 98.1 Å². The minimum atomic E-state index is -1.82. The van der Waals surface area contributed by atoms with E-state index in [0.717, 1.165) is 44.2 Å². The molecule has 0 amide bonds. The molecule has 31 heavy (non-hydrogen) atoms. The van der Waals surface area contributed by atoms with Gasteiger partial charge in [0.1, 0.15) is 0 Å². The standard InChI is InChI=1S/C23H31NO.C2H2O4/c1-18-12-14-20(15-13-18)22-11-6-9-19-8-4-5-10-21(19)23(22,25)16-7-17-24(2)3;3-1(4)2(5)6/h4-5,8,10,12-15,22,25H,6-7,9,11,16-17H2,1-3H3;(H,3,4)(H,5,6)/t22-,23+;/m1./s1. The van der Waals surface area contributed by atoms with Gasteiger partial charge in [0.05, 0.1) is 5.60 Å². The van der Waals surface area contributed by atoms with Crippen molar-refractivity contribution in [3.8, 4) is 0 Å². The molecule has 0 unspecified atom stereocenters. The molecule has 168 valence electrons. The summed E-state index contributed by atoms with van der Waals surface area (Å²) in [7, 11) is 4.20. The Balaban J connectivity index is 0.000000501. The van der Waals surface area contributed by atoms with Crippen molar-refractivity contribution < 1.29 is 24.9 Å². The molecule has 6 nitrogen and oxygen atoms in total. The maximum Gasteiger partial charge on any atom is 0.414 e. The van der Waals surface area contributed by atoms with E-state index in [1.165, 1.54) is 16.7 Å². The number of carboxylic acid groups (broad SMARTS) is 2. The van der Waals surface area contributed by atoms with E-state index >= 15 is 0 Å². The van der Waals surface area contributed by atoms with Gasteiger partial charge >= 0.3 is 11.9 Å². The molecule has 0 aromatic heterocycles. The molecule has 2 aromatic rings. The highest BCUT2D eigenvalue weighted by atomic mass is 16.4. The molecular formula is C25H33NO5. The van der Waals surface area contributed by atoms with Gasteiger partial charge in [0.15, 0.2) is 0 Å². The number of nitrogens with zero attached hydrogens (tertiary/aromatic N) is 1. The molecule has 3 rings (SSSR count). The molecule has 0 radical (unpaired) electrons. The van der Waals surface area contributed by atoms with Crippen LogP contribution in [0.2, 0.25) is 0 Å². The smallest absolute Gasteiger partial charge is 0.414 e. The zero-order valence-electron chi connectivity index (χ0n) is 18.5. The summed E-state index contributed by atoms with van der Waals surface area (Å²) in [4.78, 5) is 20.4. The minimum Gasteiger partial charge on any atom is -0.473 e. The van der Waals surface area contributed by atoms with Crippen LogP contribution in [-0.4, -0.2) is 52.8 Å². The number of aliphatic hydroxyl groups is 1. The predicted octanol–water partition coefficient (Wildman–Crippen LogP) is 3.80. The first kappa shape index (κ1) is 24.6. The van der Waals surface area contributed by atoms with Crippen molar-refractivity contribution in [2.45, 2.75) is 50.5 Å². The van der Waals surface area contributed by atoms with Crippen molar-refractivity contribution in [2.75, 3.05) is 20.6 Å². The van der Waals surface area contributed by atoms with Gasteiger partial charge in [0.2, 0.25) is 0 Å². The molecule has 0 bridgehead atoms. The molecule has 3 N–H and O–H groups in total. The van der Waals surface area contributed by atoms with Crippen molar-refractivity contribution in [1.82, 2.24) is 4.90 Å². The zero-order chi connectivity index (χ0) is 23.0. The normalized spacial score (nSPS) is 20.2. The van der Waals surface area contributed by atoms with Crippen LogP contribution in [0.3, 0.4) is 0 Å². The zero-order valence-corrected chi connectivity index (χ0v) is 18.5. The summed E-state index contributed by atoms with van der Waals surface area (Å²) in [5.41, 5.74) is 4.24. The average Bonchev–Trinajstić information content (AvgIpc) is 2.86. The van der Waals surface area contributed by atoms with E-state index in [9.17, 15) is 5.11 Å². The maximum atomic E-state index is 12.0. The van der Waals surface area contributed by atoms with E-state index in [4.69, 9.17) is 19.8 Å². The first-order chi connectivity index (χ1) is 14.6. The van der Waals surface area contributed by atoms with Crippen molar-refractivity contribution >= 4 is 11.9 Å². The molecule has 2 atom stereocenters. The average molecular weight is 428 g/mol. The number of hydrogen-bond donors (Lipinski definition) is 3. The quantitative estimate of drug-likeness (QED) is 0.496. The van der Waals surface area contributed by atoms with Crippen molar-refractivity contribution in [2.24, 2.45) is 0 Å². The van der Waals surface area contributed by atoms with E-state index in [1.807, 2.05) is 0 Å². The van der Waals surface area contributed by atoms with Crippen LogP contribution in [0.1, 0.15) is 53.9 Å². The fourth-order valence-electron chi connectivity index (χ4n) is 4.30. The number of carboxylic acids is 2. The van der Waals surface area contributed by atoms with Crippen LogP contribution in [-0.2, 0) is 21.6 Å². The molecule has 0 heterocycles. The summed E-state index contributed by atoms with van der Waals surface area (Å²) < 4.78 is 0. The molecule has 6 heteroatoms. The lowest BCUT2D eigenvalue weighted by Crippen LogP contribution is -2.34. The maximum absolute atomic E-state index is 12.0. The number of rotatable bonds is 5. The number of aryl methyl sites for hydroxylation is 2. The van der Waals surface area contributed by atoms with E-state index in [1.54, 1.807) is 0 Å². The Labute approximate surface area is 184 Å². The second-order valence-corrected chi connectivity index (χ2v) is 8.45. The second-order valence-electron chi connectivity index (χ2n) is 8.45. The van der Waals surface area contributed by atoms with Crippen LogP contribution in [0.5, 0.6) is 0 Å². The van der Waals surface area contributed by atoms with Gasteiger partial charge in [-0.15, -0.1) is 0 Å². The van der Waals surface area contributed by atoms with Gasteiger partial charge in [0.25, 0.3) is 0 Å². The molecule has 1 aliphatic rings. The van der Waals surface area contributed by atoms with E-state index in [0.29, 0.717) is 0 Å². The molecule has 0 saturated carbocycles. The molecule has 0 fully saturated rings. The summed E-state index contributed by atoms with van der Waals surface area (Å²) in [6.45, 7) is 3.13. The van der Waals surface area contributed by atoms with Crippen molar-refractivity contribution in [3.63, 3.8) is 0 Å². The fraction of sp³-hybridized carbons (Fsp3) is 0.440. The van der Waals surface area contributed by atoms with Crippen LogP contribution in [0, 0.1) is 6.92 Å². The van der Waals surface area contributed by atoms with Crippen LogP contribution in [0.4, 0.5) is 0 Å². The van der Waals surface area contributed by atoms with Gasteiger partial charge in [-0.2, -0.15) is 0 Å². The Morgan fingerprint density at radius 3 is 2.23 bits per heavy atom. The van der Waals surface area contributed by atoms with Crippen LogP contribution < -0.4 is 0 Å². The van der Waals surface area contributed by atoms with Gasteiger partial charge in [0, 0.05) is 5.92 Å². The summed E-state index contributed by atoms with van der Waals surface area (Å²) >= 11 is 0. The van der Waals surface area contributed by atoms with Crippen molar-refractivity contribution in [1.29, 1.82) is 0 Å². The number of fused-ring (bicyclic) bond motifs is 1. The lowest BCUT2D eigenvalue weighted by atomic mass is 9.73. The summed E-state index contributed by atoms with van der Waals surface area (Å²) in [5.74, 6) is -3.48. The second kappa shape index (κ2) is 11.1. The Bertz CT molecular complexity index is 866. The van der Waals surface area contributed by atoms with Gasteiger partial charge in [-0.05, 0) is 76.4 Å². The Morgan fingerprint density at radius 2 is 1.65 bits per heavy atom. The van der Waals surface area contributed by atoms with Gasteiger partial charge in [-0.25, -0.2) is 9.59 Å². The predicted molar refractivity (Wildman–Crippen MR) is 120 cm³/mol. The van der Waals surface area contributed by atoms with Crippen molar-refractivity contribution in [3.05, 3.63) is 70.8 Å². The highest BCUT2D eigenvalue weighted by Gasteiger charge is 2.41. The van der Waals surface area contributed by atoms with E-state index < -0.39 is 17.5 Å². The lowest BCUT2D eigenvalue weighted by molar-refractivity contribution is -0.159. The molecule has 0 spiro atoms. The number of carbonyl (C=O) groups is 2. The Morgan fingerprint density at radius 1 is 1.03 bits per heavy atom. The van der Waals surface area contributed by atoms with Crippen LogP contribution >= 0.6 is 0 Å². The molecule has 2 aromatic carbocycles. The highest BCUT2D eigenvalue weighted by molar-refractivity contribution is 6.27. The van der Waals surface area contributed by atoms with Crippen LogP contribution in [0.15, 0.2) is 48.5 Å². The van der Waals surface area contributed by atoms with Gasteiger partial charge < -0.3 is 20.2 Å². The van der Waals surface area contributed by atoms with Gasteiger partial charge in [-0.3, -0.25) is 0 Å². The summed E-state index contributed by atoms with van der Waals surface area (Å²) in [5, 5.41) is 26.8. The van der Waals surface area contributed by atoms with Crippen LogP contribution in [0.25, 0.3) is 0 Å².